The van der Waals surface area contributed by atoms with Gasteiger partial charge in [0.1, 0.15) is 0 Å². The van der Waals surface area contributed by atoms with Crippen LogP contribution in [-0.4, -0.2) is 51.2 Å². The number of carbonyl (C=O) groups is 2. The van der Waals surface area contributed by atoms with Crippen LogP contribution in [0.15, 0.2) is 18.2 Å². The molecule has 140 valence electrons. The number of carbonyl (C=O) groups excluding carboxylic acids is 2. The van der Waals surface area contributed by atoms with Crippen molar-refractivity contribution in [2.24, 2.45) is 11.8 Å². The lowest BCUT2D eigenvalue weighted by atomic mass is 10.1. The molecule has 0 aromatic heterocycles. The van der Waals surface area contributed by atoms with E-state index < -0.39 is 0 Å². The van der Waals surface area contributed by atoms with Gasteiger partial charge in [0, 0.05) is 18.7 Å². The molecule has 0 bridgehead atoms. The predicted octanol–water partition coefficient (Wildman–Crippen LogP) is 3.00. The molecule has 1 aromatic rings. The normalized spacial score (nSPS) is 11.8. The van der Waals surface area contributed by atoms with E-state index in [0.717, 1.165) is 6.42 Å². The van der Waals surface area contributed by atoms with Crippen molar-refractivity contribution in [1.82, 2.24) is 4.90 Å². The number of nitrogens with zero attached hydrogens (tertiary/aromatic N) is 1. The first kappa shape index (κ1) is 20.8. The van der Waals surface area contributed by atoms with Crippen LogP contribution in [-0.2, 0) is 9.53 Å². The fourth-order valence-electron chi connectivity index (χ4n) is 2.45. The summed E-state index contributed by atoms with van der Waals surface area (Å²) in [7, 11) is 4.43. The van der Waals surface area contributed by atoms with Crippen LogP contribution >= 0.6 is 0 Å². The van der Waals surface area contributed by atoms with Crippen molar-refractivity contribution >= 4 is 11.9 Å². The van der Waals surface area contributed by atoms with E-state index >= 15 is 0 Å². The third-order valence-corrected chi connectivity index (χ3v) is 3.99. The third-order valence-electron chi connectivity index (χ3n) is 3.99. The molecule has 0 radical (unpaired) electrons. The van der Waals surface area contributed by atoms with E-state index in [0.29, 0.717) is 36.1 Å². The van der Waals surface area contributed by atoms with Crippen LogP contribution in [0.2, 0.25) is 0 Å². The highest BCUT2D eigenvalue weighted by Gasteiger charge is 2.23. The molecule has 0 aliphatic carbocycles. The van der Waals surface area contributed by atoms with Gasteiger partial charge in [0.15, 0.2) is 11.5 Å². The summed E-state index contributed by atoms with van der Waals surface area (Å²) in [6, 6.07) is 5.07. The Kier molecular flexibility index (Phi) is 8.25. The van der Waals surface area contributed by atoms with Gasteiger partial charge in [-0.1, -0.05) is 20.8 Å². The first-order valence-electron chi connectivity index (χ1n) is 8.43. The topological polar surface area (TPSA) is 65.1 Å². The maximum absolute atomic E-state index is 12.9. The smallest absolute Gasteiger partial charge is 0.310 e. The number of ether oxygens (including phenoxy) is 3. The highest BCUT2D eigenvalue weighted by molar-refractivity contribution is 5.95. The van der Waals surface area contributed by atoms with Crippen molar-refractivity contribution in [2.45, 2.75) is 27.2 Å². The van der Waals surface area contributed by atoms with Gasteiger partial charge in [-0.3, -0.25) is 9.59 Å². The van der Waals surface area contributed by atoms with E-state index in [1.165, 1.54) is 14.2 Å². The molecule has 0 fully saturated rings. The highest BCUT2D eigenvalue weighted by atomic mass is 16.5. The summed E-state index contributed by atoms with van der Waals surface area (Å²) in [4.78, 5) is 26.4. The van der Waals surface area contributed by atoms with Gasteiger partial charge < -0.3 is 19.1 Å². The summed E-state index contributed by atoms with van der Waals surface area (Å²) in [6.07, 6.45) is 0.854. The van der Waals surface area contributed by atoms with E-state index in [2.05, 4.69) is 13.8 Å². The van der Waals surface area contributed by atoms with Crippen molar-refractivity contribution < 1.29 is 23.8 Å². The van der Waals surface area contributed by atoms with Crippen molar-refractivity contribution in [3.8, 4) is 11.5 Å². The lowest BCUT2D eigenvalue weighted by Crippen LogP contribution is -2.38. The minimum atomic E-state index is -0.388. The molecule has 0 saturated carbocycles. The monoisotopic (exact) mass is 351 g/mol. The Hall–Kier alpha value is -2.24. The quantitative estimate of drug-likeness (QED) is 0.640. The van der Waals surface area contributed by atoms with Gasteiger partial charge in [-0.05, 0) is 30.5 Å². The zero-order valence-electron chi connectivity index (χ0n) is 16.0. The Bertz CT molecular complexity index is 585. The summed E-state index contributed by atoms with van der Waals surface area (Å²) in [5.41, 5.74) is 0.499. The van der Waals surface area contributed by atoms with Crippen molar-refractivity contribution in [3.05, 3.63) is 23.8 Å². The van der Waals surface area contributed by atoms with Crippen LogP contribution in [0.4, 0.5) is 0 Å². The SMILES string of the molecule is COC(=O)C(C)CN(CCC(C)C)C(=O)c1ccc(OC)c(OC)c1. The number of hydrogen-bond acceptors (Lipinski definition) is 5. The zero-order chi connectivity index (χ0) is 19.0. The molecular formula is C19H29NO5. The summed E-state index contributed by atoms with van der Waals surface area (Å²) < 4.78 is 15.3. The molecule has 1 rings (SSSR count). The number of esters is 1. The molecule has 0 heterocycles. The highest BCUT2D eigenvalue weighted by Crippen LogP contribution is 2.28. The van der Waals surface area contributed by atoms with Crippen molar-refractivity contribution in [2.75, 3.05) is 34.4 Å². The first-order chi connectivity index (χ1) is 11.8. The Morgan fingerprint density at radius 1 is 1.04 bits per heavy atom. The average Bonchev–Trinajstić information content (AvgIpc) is 2.62. The molecule has 1 amide bonds. The molecule has 0 saturated heterocycles. The lowest BCUT2D eigenvalue weighted by molar-refractivity contribution is -0.145. The van der Waals surface area contributed by atoms with Crippen LogP contribution in [0.5, 0.6) is 11.5 Å². The van der Waals surface area contributed by atoms with E-state index in [1.54, 1.807) is 37.1 Å². The second kappa shape index (κ2) is 9.91. The molecule has 6 nitrogen and oxygen atoms in total. The third kappa shape index (κ3) is 5.96. The summed E-state index contributed by atoms with van der Waals surface area (Å²) in [5.74, 6) is 0.663. The predicted molar refractivity (Wildman–Crippen MR) is 96.1 cm³/mol. The standard InChI is InChI=1S/C19H29NO5/c1-13(2)9-10-20(12-14(3)19(22)25-6)18(21)15-7-8-16(23-4)17(11-15)24-5/h7-8,11,13-14H,9-10,12H2,1-6H3. The summed E-state index contributed by atoms with van der Waals surface area (Å²) in [6.45, 7) is 6.85. The number of amides is 1. The molecule has 1 atom stereocenters. The zero-order valence-corrected chi connectivity index (χ0v) is 16.0. The first-order valence-corrected chi connectivity index (χ1v) is 8.43. The Morgan fingerprint density at radius 2 is 1.68 bits per heavy atom. The van der Waals surface area contributed by atoms with Gasteiger partial charge in [-0.2, -0.15) is 0 Å². The molecule has 6 heteroatoms. The minimum Gasteiger partial charge on any atom is -0.493 e. The number of methoxy groups -OCH3 is 3. The van der Waals surface area contributed by atoms with Crippen LogP contribution in [0.3, 0.4) is 0 Å². The maximum atomic E-state index is 12.9. The van der Waals surface area contributed by atoms with Gasteiger partial charge in [0.2, 0.25) is 0 Å². The molecule has 1 aromatic carbocycles. The van der Waals surface area contributed by atoms with Crippen molar-refractivity contribution in [1.29, 1.82) is 0 Å². The molecule has 0 aliphatic heterocycles. The maximum Gasteiger partial charge on any atom is 0.310 e. The van der Waals surface area contributed by atoms with Gasteiger partial charge in [-0.15, -0.1) is 0 Å². The number of rotatable bonds is 9. The van der Waals surface area contributed by atoms with E-state index in [1.807, 2.05) is 0 Å². The molecule has 1 unspecified atom stereocenters. The lowest BCUT2D eigenvalue weighted by Gasteiger charge is -2.26. The Morgan fingerprint density at radius 3 is 2.20 bits per heavy atom. The Labute approximate surface area is 150 Å². The molecule has 0 aliphatic rings. The fraction of sp³-hybridized carbons (Fsp3) is 0.579. The minimum absolute atomic E-state index is 0.141. The van der Waals surface area contributed by atoms with Gasteiger partial charge in [-0.25, -0.2) is 0 Å². The van der Waals surface area contributed by atoms with Crippen LogP contribution in [0, 0.1) is 11.8 Å². The van der Waals surface area contributed by atoms with E-state index in [-0.39, 0.29) is 17.8 Å². The van der Waals surface area contributed by atoms with Gasteiger partial charge in [0.25, 0.3) is 5.91 Å². The largest absolute Gasteiger partial charge is 0.493 e. The average molecular weight is 351 g/mol. The van der Waals surface area contributed by atoms with Crippen LogP contribution in [0.25, 0.3) is 0 Å². The molecular weight excluding hydrogens is 322 g/mol. The van der Waals surface area contributed by atoms with Crippen LogP contribution in [0.1, 0.15) is 37.6 Å². The second-order valence-corrected chi connectivity index (χ2v) is 6.43. The molecule has 25 heavy (non-hydrogen) atoms. The van der Waals surface area contributed by atoms with Gasteiger partial charge >= 0.3 is 5.97 Å². The molecule has 0 spiro atoms. The number of benzene rings is 1. The summed E-state index contributed by atoms with van der Waals surface area (Å²) in [5, 5.41) is 0. The number of hydrogen-bond donors (Lipinski definition) is 0. The van der Waals surface area contributed by atoms with E-state index in [4.69, 9.17) is 14.2 Å². The second-order valence-electron chi connectivity index (χ2n) is 6.43. The fourth-order valence-corrected chi connectivity index (χ4v) is 2.45. The van der Waals surface area contributed by atoms with Crippen molar-refractivity contribution in [3.63, 3.8) is 0 Å². The van der Waals surface area contributed by atoms with Gasteiger partial charge in [0.05, 0.1) is 27.2 Å². The summed E-state index contributed by atoms with van der Waals surface area (Å²) >= 11 is 0. The molecule has 0 N–H and O–H groups in total. The van der Waals surface area contributed by atoms with E-state index in [9.17, 15) is 9.59 Å². The Balaban J connectivity index is 3.03. The van der Waals surface area contributed by atoms with Crippen LogP contribution < -0.4 is 9.47 Å².